The summed E-state index contributed by atoms with van der Waals surface area (Å²) in [5.41, 5.74) is 3.40. The van der Waals surface area contributed by atoms with Gasteiger partial charge in [0.2, 0.25) is 0 Å². The lowest BCUT2D eigenvalue weighted by Gasteiger charge is -2.31. The number of benzene rings is 1. The zero-order valence-electron chi connectivity index (χ0n) is 11.4. The zero-order chi connectivity index (χ0) is 14.1. The summed E-state index contributed by atoms with van der Waals surface area (Å²) in [5.74, 6) is -0.846. The smallest absolute Gasteiger partial charge is 0.336 e. The Labute approximate surface area is 117 Å². The number of aromatic nitrogens is 2. The lowest BCUT2D eigenvalue weighted by molar-refractivity contribution is 0.0695. The number of anilines is 1. The summed E-state index contributed by atoms with van der Waals surface area (Å²) in [4.78, 5) is 13.5. The third kappa shape index (κ3) is 2.27. The van der Waals surface area contributed by atoms with Gasteiger partial charge < -0.3 is 10.0 Å². The topological polar surface area (TPSA) is 58.4 Å². The normalized spacial score (nSPS) is 14.2. The maximum Gasteiger partial charge on any atom is 0.336 e. The van der Waals surface area contributed by atoms with Crippen molar-refractivity contribution in [3.63, 3.8) is 0 Å². The van der Waals surface area contributed by atoms with E-state index in [-0.39, 0.29) is 0 Å². The van der Waals surface area contributed by atoms with Gasteiger partial charge in [0.25, 0.3) is 0 Å². The van der Waals surface area contributed by atoms with Crippen LogP contribution in [0.2, 0.25) is 0 Å². The molecule has 1 aromatic carbocycles. The van der Waals surface area contributed by atoms with Gasteiger partial charge in [-0.25, -0.2) is 4.79 Å². The average molecular weight is 271 g/mol. The van der Waals surface area contributed by atoms with Crippen LogP contribution in [0.5, 0.6) is 0 Å². The van der Waals surface area contributed by atoms with Crippen LogP contribution >= 0.6 is 0 Å². The molecule has 1 aliphatic rings. The molecule has 0 fully saturated rings. The fourth-order valence-electron chi connectivity index (χ4n) is 2.81. The Morgan fingerprint density at radius 1 is 1.40 bits per heavy atom. The van der Waals surface area contributed by atoms with Gasteiger partial charge in [0.05, 0.1) is 17.8 Å². The highest BCUT2D eigenvalue weighted by Crippen LogP contribution is 2.30. The summed E-state index contributed by atoms with van der Waals surface area (Å²) in [6.07, 6.45) is 3.73. The van der Waals surface area contributed by atoms with E-state index >= 15 is 0 Å². The number of carbonyl (C=O) groups is 1. The molecule has 0 radical (unpaired) electrons. The highest BCUT2D eigenvalue weighted by atomic mass is 16.4. The summed E-state index contributed by atoms with van der Waals surface area (Å²) >= 11 is 0. The monoisotopic (exact) mass is 271 g/mol. The average Bonchev–Trinajstić information content (AvgIpc) is 2.84. The van der Waals surface area contributed by atoms with Crippen molar-refractivity contribution in [3.05, 3.63) is 47.3 Å². The van der Waals surface area contributed by atoms with Gasteiger partial charge >= 0.3 is 5.97 Å². The molecule has 104 valence electrons. The van der Waals surface area contributed by atoms with Gasteiger partial charge in [-0.15, -0.1) is 0 Å². The van der Waals surface area contributed by atoms with Gasteiger partial charge in [-0.1, -0.05) is 6.07 Å². The molecule has 0 amide bonds. The molecule has 2 heterocycles. The molecule has 0 atom stereocenters. The van der Waals surface area contributed by atoms with Crippen molar-refractivity contribution in [2.45, 2.75) is 19.4 Å². The van der Waals surface area contributed by atoms with Gasteiger partial charge in [0.1, 0.15) is 0 Å². The highest BCUT2D eigenvalue weighted by Gasteiger charge is 2.22. The minimum absolute atomic E-state index is 0.424. The summed E-state index contributed by atoms with van der Waals surface area (Å²) < 4.78 is 1.79. The van der Waals surface area contributed by atoms with Crippen LogP contribution in [0.25, 0.3) is 0 Å². The van der Waals surface area contributed by atoms with Crippen LogP contribution in [-0.2, 0) is 20.0 Å². The minimum Gasteiger partial charge on any atom is -0.478 e. The predicted molar refractivity (Wildman–Crippen MR) is 76.0 cm³/mol. The Balaban J connectivity index is 1.94. The van der Waals surface area contributed by atoms with Crippen molar-refractivity contribution >= 4 is 11.7 Å². The van der Waals surface area contributed by atoms with E-state index in [4.69, 9.17) is 0 Å². The zero-order valence-corrected chi connectivity index (χ0v) is 11.4. The molecule has 0 saturated carbocycles. The third-order valence-electron chi connectivity index (χ3n) is 3.70. The van der Waals surface area contributed by atoms with Gasteiger partial charge in [-0.3, -0.25) is 4.68 Å². The number of aromatic carboxylic acids is 1. The molecule has 1 aliphatic heterocycles. The van der Waals surface area contributed by atoms with Crippen molar-refractivity contribution in [1.82, 2.24) is 9.78 Å². The largest absolute Gasteiger partial charge is 0.478 e. The first-order chi connectivity index (χ1) is 9.65. The van der Waals surface area contributed by atoms with Crippen LogP contribution in [0.1, 0.15) is 28.0 Å². The van der Waals surface area contributed by atoms with Crippen molar-refractivity contribution < 1.29 is 9.90 Å². The summed E-state index contributed by atoms with van der Waals surface area (Å²) in [7, 11) is 1.90. The van der Waals surface area contributed by atoms with Crippen molar-refractivity contribution in [1.29, 1.82) is 0 Å². The first kappa shape index (κ1) is 12.7. The number of carboxylic acid groups (broad SMARTS) is 1. The number of hydrogen-bond acceptors (Lipinski definition) is 3. The fourth-order valence-corrected chi connectivity index (χ4v) is 2.81. The molecule has 0 spiro atoms. The van der Waals surface area contributed by atoms with Crippen LogP contribution in [0.3, 0.4) is 0 Å². The van der Waals surface area contributed by atoms with E-state index in [9.17, 15) is 9.90 Å². The molecule has 2 aromatic rings. The van der Waals surface area contributed by atoms with Gasteiger partial charge in [0.15, 0.2) is 0 Å². The fraction of sp³-hybridized carbons (Fsp3) is 0.333. The Kier molecular flexibility index (Phi) is 3.18. The number of hydrogen-bond donors (Lipinski definition) is 1. The quantitative estimate of drug-likeness (QED) is 0.928. The van der Waals surface area contributed by atoms with Crippen molar-refractivity contribution in [2.75, 3.05) is 11.4 Å². The molecular weight excluding hydrogens is 254 g/mol. The molecular formula is C15H17N3O2. The Bertz CT molecular complexity index is 648. The minimum atomic E-state index is -0.846. The molecule has 0 saturated heterocycles. The van der Waals surface area contributed by atoms with Crippen molar-refractivity contribution in [3.8, 4) is 0 Å². The molecule has 1 aromatic heterocycles. The summed E-state index contributed by atoms with van der Waals surface area (Å²) in [6, 6.07) is 7.50. The van der Waals surface area contributed by atoms with E-state index in [1.54, 1.807) is 10.7 Å². The first-order valence-corrected chi connectivity index (χ1v) is 6.74. The predicted octanol–water partition coefficient (Wildman–Crippen LogP) is 2.07. The number of fused-ring (bicyclic) bond motifs is 1. The molecule has 5 heteroatoms. The van der Waals surface area contributed by atoms with Gasteiger partial charge in [-0.05, 0) is 36.6 Å². The van der Waals surface area contributed by atoms with Crippen LogP contribution in [0, 0.1) is 0 Å². The van der Waals surface area contributed by atoms with E-state index in [0.717, 1.165) is 42.9 Å². The standard InChI is InChI=1S/C15H17N3O2/c1-17-9-7-11(16-17)10-18-8-3-5-12-13(15(19)20)4-2-6-14(12)18/h2,4,6-7,9H,3,5,8,10H2,1H3,(H,19,20). The van der Waals surface area contributed by atoms with E-state index in [1.165, 1.54) is 0 Å². The maximum absolute atomic E-state index is 11.3. The molecule has 0 unspecified atom stereocenters. The first-order valence-electron chi connectivity index (χ1n) is 6.74. The number of rotatable bonds is 3. The lowest BCUT2D eigenvalue weighted by atomic mass is 9.96. The lowest BCUT2D eigenvalue weighted by Crippen LogP contribution is -2.30. The van der Waals surface area contributed by atoms with Crippen LogP contribution in [-0.4, -0.2) is 27.4 Å². The summed E-state index contributed by atoms with van der Waals surface area (Å²) in [6.45, 7) is 1.66. The number of nitrogens with zero attached hydrogens (tertiary/aromatic N) is 3. The third-order valence-corrected chi connectivity index (χ3v) is 3.70. The van der Waals surface area contributed by atoms with Crippen molar-refractivity contribution in [2.24, 2.45) is 7.05 Å². The Morgan fingerprint density at radius 2 is 2.25 bits per heavy atom. The molecule has 0 bridgehead atoms. The van der Waals surface area contributed by atoms with Gasteiger partial charge in [0, 0.05) is 25.5 Å². The molecule has 1 N–H and O–H groups in total. The number of aryl methyl sites for hydroxylation is 1. The Morgan fingerprint density at radius 3 is 2.95 bits per heavy atom. The molecule has 20 heavy (non-hydrogen) atoms. The highest BCUT2D eigenvalue weighted by molar-refractivity contribution is 5.91. The maximum atomic E-state index is 11.3. The van der Waals surface area contributed by atoms with Crippen LogP contribution < -0.4 is 4.90 Å². The SMILES string of the molecule is Cn1ccc(CN2CCCc3c(C(=O)O)cccc32)n1. The second-order valence-electron chi connectivity index (χ2n) is 5.11. The van der Waals surface area contributed by atoms with Crippen LogP contribution in [0.15, 0.2) is 30.5 Å². The summed E-state index contributed by atoms with van der Waals surface area (Å²) in [5, 5.41) is 13.7. The van der Waals surface area contributed by atoms with Crippen LogP contribution in [0.4, 0.5) is 5.69 Å². The van der Waals surface area contributed by atoms with E-state index < -0.39 is 5.97 Å². The van der Waals surface area contributed by atoms with Gasteiger partial charge in [-0.2, -0.15) is 5.10 Å². The second-order valence-corrected chi connectivity index (χ2v) is 5.11. The molecule has 0 aliphatic carbocycles. The Hall–Kier alpha value is -2.30. The van der Waals surface area contributed by atoms with E-state index in [0.29, 0.717) is 5.56 Å². The van der Waals surface area contributed by atoms with E-state index in [1.807, 2.05) is 31.4 Å². The second kappa shape index (κ2) is 5.00. The number of carboxylic acids is 1. The molecule has 5 nitrogen and oxygen atoms in total. The molecule has 3 rings (SSSR count). The van der Waals surface area contributed by atoms with E-state index in [2.05, 4.69) is 10.00 Å².